The summed E-state index contributed by atoms with van der Waals surface area (Å²) in [6.45, 7) is 3.21. The van der Waals surface area contributed by atoms with Crippen molar-refractivity contribution in [3.63, 3.8) is 0 Å². The number of hydrogen-bond donors (Lipinski definition) is 2. The molecule has 1 aromatic rings. The number of hydrogen-bond acceptors (Lipinski definition) is 3. The van der Waals surface area contributed by atoms with Gasteiger partial charge in [0.2, 0.25) is 5.91 Å². The van der Waals surface area contributed by atoms with Crippen molar-refractivity contribution in [1.82, 2.24) is 5.32 Å². The van der Waals surface area contributed by atoms with Crippen LogP contribution < -0.4 is 10.2 Å². The second-order valence-electron chi connectivity index (χ2n) is 4.20. The Labute approximate surface area is 113 Å². The molecular formula is C14H20N2O3. The summed E-state index contributed by atoms with van der Waals surface area (Å²) in [5.74, 6) is -1.02. The number of carboxylic acids is 1. The van der Waals surface area contributed by atoms with Crippen LogP contribution in [-0.2, 0) is 9.59 Å². The third-order valence-corrected chi connectivity index (χ3v) is 2.62. The van der Waals surface area contributed by atoms with Crippen LogP contribution in [0.25, 0.3) is 0 Å². The van der Waals surface area contributed by atoms with Gasteiger partial charge in [-0.1, -0.05) is 25.1 Å². The third kappa shape index (κ3) is 5.52. The summed E-state index contributed by atoms with van der Waals surface area (Å²) in [6, 6.07) is 9.13. The number of carbonyl (C=O) groups excluding carboxylic acids is 1. The molecule has 0 unspecified atom stereocenters. The fourth-order valence-corrected chi connectivity index (χ4v) is 1.68. The minimum Gasteiger partial charge on any atom is -0.481 e. The molecule has 0 aliphatic heterocycles. The standard InChI is InChI=1S/C14H20N2O3/c1-2-9-15-11-13(17)16(10-8-14(18)19)12-6-4-3-5-7-12/h3-7,15H,2,8-11H2,1H3,(H,18,19). The lowest BCUT2D eigenvalue weighted by molar-refractivity contribution is -0.136. The van der Waals surface area contributed by atoms with Gasteiger partial charge in [-0.05, 0) is 25.1 Å². The number of aliphatic carboxylic acids is 1. The van der Waals surface area contributed by atoms with Crippen LogP contribution in [0, 0.1) is 0 Å². The van der Waals surface area contributed by atoms with Crippen molar-refractivity contribution in [2.24, 2.45) is 0 Å². The van der Waals surface area contributed by atoms with Gasteiger partial charge >= 0.3 is 5.97 Å². The van der Waals surface area contributed by atoms with E-state index in [1.54, 1.807) is 12.1 Å². The Balaban J connectivity index is 2.69. The highest BCUT2D eigenvalue weighted by Crippen LogP contribution is 2.13. The van der Waals surface area contributed by atoms with Crippen LogP contribution in [0.2, 0.25) is 0 Å². The van der Waals surface area contributed by atoms with Gasteiger partial charge in [-0.2, -0.15) is 0 Å². The monoisotopic (exact) mass is 264 g/mol. The maximum absolute atomic E-state index is 12.1. The molecule has 1 rings (SSSR count). The molecule has 0 atom stereocenters. The summed E-state index contributed by atoms with van der Waals surface area (Å²) in [7, 11) is 0. The van der Waals surface area contributed by atoms with E-state index < -0.39 is 5.97 Å². The molecule has 2 N–H and O–H groups in total. The van der Waals surface area contributed by atoms with Crippen LogP contribution >= 0.6 is 0 Å². The molecule has 0 saturated heterocycles. The summed E-state index contributed by atoms with van der Waals surface area (Å²) in [4.78, 5) is 24.3. The number of rotatable bonds is 8. The van der Waals surface area contributed by atoms with Gasteiger partial charge in [-0.15, -0.1) is 0 Å². The van der Waals surface area contributed by atoms with E-state index >= 15 is 0 Å². The van der Waals surface area contributed by atoms with Gasteiger partial charge in [-0.3, -0.25) is 9.59 Å². The van der Waals surface area contributed by atoms with Crippen molar-refractivity contribution in [2.45, 2.75) is 19.8 Å². The normalized spacial score (nSPS) is 10.2. The minimum absolute atomic E-state index is 0.0611. The second kappa shape index (κ2) is 8.26. The van der Waals surface area contributed by atoms with Gasteiger partial charge in [0.25, 0.3) is 0 Å². The first-order valence-corrected chi connectivity index (χ1v) is 6.43. The van der Waals surface area contributed by atoms with Gasteiger partial charge in [0.05, 0.1) is 13.0 Å². The molecule has 104 valence electrons. The number of carbonyl (C=O) groups is 2. The van der Waals surface area contributed by atoms with Crippen molar-refractivity contribution < 1.29 is 14.7 Å². The zero-order valence-corrected chi connectivity index (χ0v) is 11.1. The number of para-hydroxylation sites is 1. The minimum atomic E-state index is -0.907. The molecule has 1 amide bonds. The molecular weight excluding hydrogens is 244 g/mol. The molecule has 0 spiro atoms. The van der Waals surface area contributed by atoms with E-state index in [0.29, 0.717) is 0 Å². The molecule has 0 radical (unpaired) electrons. The summed E-state index contributed by atoms with van der Waals surface area (Å²) < 4.78 is 0. The lowest BCUT2D eigenvalue weighted by atomic mass is 10.2. The fraction of sp³-hybridized carbons (Fsp3) is 0.429. The molecule has 0 saturated carbocycles. The average Bonchev–Trinajstić information content (AvgIpc) is 2.40. The predicted molar refractivity (Wildman–Crippen MR) is 74.2 cm³/mol. The molecule has 0 bridgehead atoms. The Bertz CT molecular complexity index is 406. The summed E-state index contributed by atoms with van der Waals surface area (Å²) in [5.41, 5.74) is 0.729. The largest absolute Gasteiger partial charge is 0.481 e. The smallest absolute Gasteiger partial charge is 0.305 e. The number of amides is 1. The molecule has 19 heavy (non-hydrogen) atoms. The summed E-state index contributed by atoms with van der Waals surface area (Å²) in [6.07, 6.45) is 0.891. The molecule has 0 aliphatic rings. The van der Waals surface area contributed by atoms with Gasteiger partial charge in [-0.25, -0.2) is 0 Å². The zero-order chi connectivity index (χ0) is 14.1. The Hall–Kier alpha value is -1.88. The Morgan fingerprint density at radius 2 is 1.95 bits per heavy atom. The molecule has 5 heteroatoms. The number of carboxylic acid groups (broad SMARTS) is 1. The van der Waals surface area contributed by atoms with Crippen LogP contribution in [0.4, 0.5) is 5.69 Å². The Morgan fingerprint density at radius 3 is 2.53 bits per heavy atom. The second-order valence-corrected chi connectivity index (χ2v) is 4.20. The van der Waals surface area contributed by atoms with Crippen LogP contribution in [0.1, 0.15) is 19.8 Å². The number of nitrogens with one attached hydrogen (secondary N) is 1. The van der Waals surface area contributed by atoms with E-state index in [1.165, 1.54) is 4.90 Å². The van der Waals surface area contributed by atoms with Crippen molar-refractivity contribution in [3.05, 3.63) is 30.3 Å². The highest BCUT2D eigenvalue weighted by Gasteiger charge is 2.15. The van der Waals surface area contributed by atoms with E-state index in [9.17, 15) is 9.59 Å². The van der Waals surface area contributed by atoms with Crippen molar-refractivity contribution in [2.75, 3.05) is 24.5 Å². The van der Waals surface area contributed by atoms with Crippen LogP contribution in [0.3, 0.4) is 0 Å². The quantitative estimate of drug-likeness (QED) is 0.698. The first kappa shape index (κ1) is 15.2. The maximum atomic E-state index is 12.1. The van der Waals surface area contributed by atoms with E-state index in [1.807, 2.05) is 25.1 Å². The highest BCUT2D eigenvalue weighted by atomic mass is 16.4. The molecule has 0 heterocycles. The van der Waals surface area contributed by atoms with Gasteiger partial charge in [0, 0.05) is 12.2 Å². The lowest BCUT2D eigenvalue weighted by Crippen LogP contribution is -2.39. The molecule has 1 aromatic carbocycles. The molecule has 0 aromatic heterocycles. The lowest BCUT2D eigenvalue weighted by Gasteiger charge is -2.22. The SMILES string of the molecule is CCCNCC(=O)N(CCC(=O)O)c1ccccc1. The third-order valence-electron chi connectivity index (χ3n) is 2.62. The number of nitrogens with zero attached hydrogens (tertiary/aromatic N) is 1. The van der Waals surface area contributed by atoms with E-state index in [4.69, 9.17) is 5.11 Å². The van der Waals surface area contributed by atoms with Gasteiger partial charge < -0.3 is 15.3 Å². The van der Waals surface area contributed by atoms with Crippen LogP contribution in [0.5, 0.6) is 0 Å². The molecule has 0 aliphatic carbocycles. The van der Waals surface area contributed by atoms with E-state index in [0.717, 1.165) is 18.7 Å². The fourth-order valence-electron chi connectivity index (χ4n) is 1.68. The van der Waals surface area contributed by atoms with Gasteiger partial charge in [0.15, 0.2) is 0 Å². The molecule has 5 nitrogen and oxygen atoms in total. The summed E-state index contributed by atoms with van der Waals surface area (Å²) in [5, 5.41) is 11.8. The van der Waals surface area contributed by atoms with Crippen molar-refractivity contribution >= 4 is 17.6 Å². The summed E-state index contributed by atoms with van der Waals surface area (Å²) >= 11 is 0. The topological polar surface area (TPSA) is 69.6 Å². The van der Waals surface area contributed by atoms with Gasteiger partial charge in [0.1, 0.15) is 0 Å². The van der Waals surface area contributed by atoms with Crippen LogP contribution in [0.15, 0.2) is 30.3 Å². The first-order valence-electron chi connectivity index (χ1n) is 6.43. The van der Waals surface area contributed by atoms with Crippen molar-refractivity contribution in [3.8, 4) is 0 Å². The maximum Gasteiger partial charge on any atom is 0.305 e. The first-order chi connectivity index (χ1) is 9.15. The zero-order valence-electron chi connectivity index (χ0n) is 11.1. The van der Waals surface area contributed by atoms with E-state index in [-0.39, 0.29) is 25.4 Å². The van der Waals surface area contributed by atoms with E-state index in [2.05, 4.69) is 5.32 Å². The number of benzene rings is 1. The Kier molecular flexibility index (Phi) is 6.60. The predicted octanol–water partition coefficient (Wildman–Crippen LogP) is 1.49. The van der Waals surface area contributed by atoms with Crippen LogP contribution in [-0.4, -0.2) is 36.6 Å². The van der Waals surface area contributed by atoms with Crippen molar-refractivity contribution in [1.29, 1.82) is 0 Å². The average molecular weight is 264 g/mol. The number of anilines is 1. The Morgan fingerprint density at radius 1 is 1.26 bits per heavy atom. The highest BCUT2D eigenvalue weighted by molar-refractivity contribution is 5.95. The molecule has 0 fully saturated rings.